The van der Waals surface area contributed by atoms with E-state index in [0.29, 0.717) is 21.4 Å². The Morgan fingerprint density at radius 2 is 1.74 bits per heavy atom. The van der Waals surface area contributed by atoms with Gasteiger partial charge in [0, 0.05) is 11.4 Å². The normalized spacial score (nSPS) is 11.9. The van der Waals surface area contributed by atoms with Crippen LogP contribution in [-0.4, -0.2) is 9.67 Å². The lowest BCUT2D eigenvalue weighted by Crippen LogP contribution is -1.98. The van der Waals surface area contributed by atoms with E-state index in [1.54, 1.807) is 18.2 Å². The van der Waals surface area contributed by atoms with Crippen LogP contribution in [0.4, 0.5) is 11.4 Å². The standard InChI is InChI=1S/C17H15Cl2N3O/c1-10(2)22-15-6-4-3-5-12(15)16(17(22)23)21-20-11-7-8-13(18)14(19)9-11/h3-10,23H,1-2H3. The highest BCUT2D eigenvalue weighted by Crippen LogP contribution is 2.41. The van der Waals surface area contributed by atoms with Gasteiger partial charge in [-0.15, -0.1) is 5.11 Å². The maximum absolute atomic E-state index is 10.5. The summed E-state index contributed by atoms with van der Waals surface area (Å²) in [7, 11) is 0. The molecule has 0 spiro atoms. The minimum absolute atomic E-state index is 0.102. The summed E-state index contributed by atoms with van der Waals surface area (Å²) in [4.78, 5) is 0. The maximum atomic E-state index is 10.5. The molecule has 2 aromatic carbocycles. The van der Waals surface area contributed by atoms with Crippen molar-refractivity contribution in [2.24, 2.45) is 10.2 Å². The zero-order chi connectivity index (χ0) is 16.6. The third kappa shape index (κ3) is 2.92. The molecule has 6 heteroatoms. The molecule has 0 bridgehead atoms. The Morgan fingerprint density at radius 3 is 2.43 bits per heavy atom. The second-order valence-corrected chi connectivity index (χ2v) is 6.27. The fraction of sp³-hybridized carbons (Fsp3) is 0.176. The lowest BCUT2D eigenvalue weighted by Gasteiger charge is -2.10. The summed E-state index contributed by atoms with van der Waals surface area (Å²) in [6.07, 6.45) is 0. The molecule has 1 aromatic heterocycles. The minimum Gasteiger partial charge on any atom is -0.493 e. The van der Waals surface area contributed by atoms with E-state index in [0.717, 1.165) is 10.9 Å². The lowest BCUT2D eigenvalue weighted by atomic mass is 10.2. The highest BCUT2D eigenvalue weighted by molar-refractivity contribution is 6.42. The molecule has 0 aliphatic carbocycles. The molecule has 0 saturated carbocycles. The van der Waals surface area contributed by atoms with Crippen molar-refractivity contribution in [1.29, 1.82) is 0 Å². The van der Waals surface area contributed by atoms with Gasteiger partial charge in [-0.1, -0.05) is 41.4 Å². The zero-order valence-corrected chi connectivity index (χ0v) is 14.2. The van der Waals surface area contributed by atoms with Crippen molar-refractivity contribution in [2.45, 2.75) is 19.9 Å². The van der Waals surface area contributed by atoms with Gasteiger partial charge in [0.2, 0.25) is 5.88 Å². The van der Waals surface area contributed by atoms with Crippen LogP contribution >= 0.6 is 23.2 Å². The number of nitrogens with zero attached hydrogens (tertiary/aromatic N) is 3. The Hall–Kier alpha value is -2.04. The van der Waals surface area contributed by atoms with Gasteiger partial charge in [0.1, 0.15) is 0 Å². The van der Waals surface area contributed by atoms with Crippen LogP contribution in [0.15, 0.2) is 52.7 Å². The lowest BCUT2D eigenvalue weighted by molar-refractivity contribution is 0.407. The van der Waals surface area contributed by atoms with Crippen LogP contribution in [0.5, 0.6) is 5.88 Å². The number of aromatic nitrogens is 1. The van der Waals surface area contributed by atoms with Crippen molar-refractivity contribution in [2.75, 3.05) is 0 Å². The summed E-state index contributed by atoms with van der Waals surface area (Å²) >= 11 is 11.9. The SMILES string of the molecule is CC(C)n1c(O)c(N=Nc2ccc(Cl)c(Cl)c2)c2ccccc21. The third-order valence-corrected chi connectivity index (χ3v) is 4.28. The third-order valence-electron chi connectivity index (χ3n) is 3.54. The molecule has 0 fully saturated rings. The molecule has 1 heterocycles. The van der Waals surface area contributed by atoms with Crippen LogP contribution in [0, 0.1) is 0 Å². The van der Waals surface area contributed by atoms with Gasteiger partial charge in [-0.2, -0.15) is 5.11 Å². The summed E-state index contributed by atoms with van der Waals surface area (Å²) in [6, 6.07) is 12.8. The Kier molecular flexibility index (Phi) is 4.28. The minimum atomic E-state index is 0.102. The van der Waals surface area contributed by atoms with E-state index < -0.39 is 0 Å². The van der Waals surface area contributed by atoms with E-state index >= 15 is 0 Å². The number of aromatic hydroxyl groups is 1. The van der Waals surface area contributed by atoms with E-state index in [4.69, 9.17) is 23.2 Å². The first-order chi connectivity index (χ1) is 11.0. The summed E-state index contributed by atoms with van der Waals surface area (Å²) in [5.41, 5.74) is 1.93. The highest BCUT2D eigenvalue weighted by atomic mass is 35.5. The summed E-state index contributed by atoms with van der Waals surface area (Å²) in [5, 5.41) is 20.6. The largest absolute Gasteiger partial charge is 0.493 e. The van der Waals surface area contributed by atoms with E-state index in [1.807, 2.05) is 42.7 Å². The molecule has 3 aromatic rings. The first kappa shape index (κ1) is 15.8. The van der Waals surface area contributed by atoms with Crippen molar-refractivity contribution in [1.82, 2.24) is 4.57 Å². The predicted molar refractivity (Wildman–Crippen MR) is 94.6 cm³/mol. The average molecular weight is 348 g/mol. The van der Waals surface area contributed by atoms with Gasteiger partial charge in [0.25, 0.3) is 0 Å². The first-order valence-corrected chi connectivity index (χ1v) is 7.93. The quantitative estimate of drug-likeness (QED) is 0.529. The van der Waals surface area contributed by atoms with Crippen LogP contribution < -0.4 is 0 Å². The number of hydrogen-bond acceptors (Lipinski definition) is 3. The molecule has 118 valence electrons. The molecule has 4 nitrogen and oxygen atoms in total. The van der Waals surface area contributed by atoms with Gasteiger partial charge in [-0.3, -0.25) is 0 Å². The van der Waals surface area contributed by atoms with Crippen LogP contribution in [0.25, 0.3) is 10.9 Å². The van der Waals surface area contributed by atoms with Gasteiger partial charge in [-0.25, -0.2) is 0 Å². The number of benzene rings is 2. The average Bonchev–Trinajstić information content (AvgIpc) is 2.80. The second kappa shape index (κ2) is 6.22. The number of rotatable bonds is 3. The van der Waals surface area contributed by atoms with Crippen molar-refractivity contribution in [3.63, 3.8) is 0 Å². The highest BCUT2D eigenvalue weighted by Gasteiger charge is 2.17. The van der Waals surface area contributed by atoms with Gasteiger partial charge >= 0.3 is 0 Å². The molecular weight excluding hydrogens is 333 g/mol. The van der Waals surface area contributed by atoms with Gasteiger partial charge in [-0.05, 0) is 38.1 Å². The smallest absolute Gasteiger partial charge is 0.221 e. The number of para-hydroxylation sites is 1. The van der Waals surface area contributed by atoms with Crippen molar-refractivity contribution >= 4 is 45.5 Å². The molecule has 0 saturated heterocycles. The molecule has 0 radical (unpaired) electrons. The van der Waals surface area contributed by atoms with Gasteiger partial charge < -0.3 is 9.67 Å². The number of hydrogen-bond donors (Lipinski definition) is 1. The van der Waals surface area contributed by atoms with Crippen molar-refractivity contribution < 1.29 is 5.11 Å². The fourth-order valence-corrected chi connectivity index (χ4v) is 2.80. The number of azo groups is 1. The molecule has 0 aliphatic rings. The van der Waals surface area contributed by atoms with Crippen LogP contribution in [0.3, 0.4) is 0 Å². The van der Waals surface area contributed by atoms with E-state index in [1.165, 1.54) is 0 Å². The first-order valence-electron chi connectivity index (χ1n) is 7.17. The molecular formula is C17H15Cl2N3O. The number of fused-ring (bicyclic) bond motifs is 1. The zero-order valence-electron chi connectivity index (χ0n) is 12.7. The Balaban J connectivity index is 2.11. The van der Waals surface area contributed by atoms with Gasteiger partial charge in [0.15, 0.2) is 5.69 Å². The van der Waals surface area contributed by atoms with E-state index in [9.17, 15) is 5.11 Å². The maximum Gasteiger partial charge on any atom is 0.221 e. The van der Waals surface area contributed by atoms with Crippen molar-refractivity contribution in [3.05, 3.63) is 52.5 Å². The predicted octanol–water partition coefficient (Wildman–Crippen LogP) is 6.65. The van der Waals surface area contributed by atoms with Crippen molar-refractivity contribution in [3.8, 4) is 5.88 Å². The molecule has 23 heavy (non-hydrogen) atoms. The summed E-state index contributed by atoms with van der Waals surface area (Å²) < 4.78 is 1.83. The van der Waals surface area contributed by atoms with E-state index in [2.05, 4.69) is 10.2 Å². The fourth-order valence-electron chi connectivity index (χ4n) is 2.51. The Morgan fingerprint density at radius 1 is 1.00 bits per heavy atom. The van der Waals surface area contributed by atoms with Crippen LogP contribution in [-0.2, 0) is 0 Å². The van der Waals surface area contributed by atoms with E-state index in [-0.39, 0.29) is 11.9 Å². The molecule has 0 aliphatic heterocycles. The van der Waals surface area contributed by atoms with Gasteiger partial charge in [0.05, 0.1) is 21.2 Å². The second-order valence-electron chi connectivity index (χ2n) is 5.45. The van der Waals surface area contributed by atoms with Crippen LogP contribution in [0.1, 0.15) is 19.9 Å². The topological polar surface area (TPSA) is 49.9 Å². The monoisotopic (exact) mass is 347 g/mol. The number of halogens is 2. The summed E-state index contributed by atoms with van der Waals surface area (Å²) in [5.74, 6) is 0.102. The summed E-state index contributed by atoms with van der Waals surface area (Å²) in [6.45, 7) is 4.01. The van der Waals surface area contributed by atoms with Crippen LogP contribution in [0.2, 0.25) is 10.0 Å². The molecule has 1 N–H and O–H groups in total. The molecule has 0 amide bonds. The molecule has 3 rings (SSSR count). The Bertz CT molecular complexity index is 900. The molecule has 0 atom stereocenters. The Labute approximate surface area is 144 Å². The molecule has 0 unspecified atom stereocenters.